The molecule has 0 fully saturated rings. The van der Waals surface area contributed by atoms with Crippen LogP contribution in [0.3, 0.4) is 0 Å². The molecule has 144 valence electrons. The summed E-state index contributed by atoms with van der Waals surface area (Å²) in [4.78, 5) is 26.2. The number of rotatable bonds is 10. The van der Waals surface area contributed by atoms with Gasteiger partial charge in [0.25, 0.3) is 5.91 Å². The molecular weight excluding hydrogens is 342 g/mol. The van der Waals surface area contributed by atoms with Crippen molar-refractivity contribution in [3.05, 3.63) is 65.7 Å². The smallest absolute Gasteiger partial charge is 0.251 e. The van der Waals surface area contributed by atoms with Crippen LogP contribution in [0.2, 0.25) is 0 Å². The summed E-state index contributed by atoms with van der Waals surface area (Å²) >= 11 is 0. The first-order valence-corrected chi connectivity index (χ1v) is 8.98. The van der Waals surface area contributed by atoms with Gasteiger partial charge in [0.15, 0.2) is 0 Å². The summed E-state index contributed by atoms with van der Waals surface area (Å²) in [6, 6.07) is 16.9. The van der Waals surface area contributed by atoms with Crippen LogP contribution in [0.15, 0.2) is 54.6 Å². The Morgan fingerprint density at radius 3 is 2.41 bits per heavy atom. The molecule has 0 bridgehead atoms. The maximum absolute atomic E-state index is 12.2. The molecule has 0 radical (unpaired) electrons. The van der Waals surface area contributed by atoms with Gasteiger partial charge in [-0.25, -0.2) is 0 Å². The molecule has 0 atom stereocenters. The lowest BCUT2D eigenvalue weighted by atomic mass is 10.2. The van der Waals surface area contributed by atoms with Gasteiger partial charge in [-0.3, -0.25) is 14.5 Å². The molecule has 0 saturated carbocycles. The average molecular weight is 369 g/mol. The molecule has 0 saturated heterocycles. The normalized spacial score (nSPS) is 10.6. The third-order valence-electron chi connectivity index (χ3n) is 3.95. The second kappa shape index (κ2) is 11.1. The van der Waals surface area contributed by atoms with E-state index < -0.39 is 0 Å². The quantitative estimate of drug-likeness (QED) is 0.632. The zero-order valence-corrected chi connectivity index (χ0v) is 15.9. The van der Waals surface area contributed by atoms with E-state index in [0.717, 1.165) is 12.0 Å². The van der Waals surface area contributed by atoms with Gasteiger partial charge in [0.2, 0.25) is 5.91 Å². The van der Waals surface area contributed by atoms with E-state index in [0.29, 0.717) is 30.9 Å². The summed E-state index contributed by atoms with van der Waals surface area (Å²) in [5.74, 6) is -0.225. The van der Waals surface area contributed by atoms with E-state index in [-0.39, 0.29) is 18.4 Å². The molecule has 6 heteroatoms. The molecule has 6 nitrogen and oxygen atoms in total. The van der Waals surface area contributed by atoms with E-state index in [1.165, 1.54) is 0 Å². The molecule has 0 spiro atoms. The van der Waals surface area contributed by atoms with E-state index >= 15 is 0 Å². The highest BCUT2D eigenvalue weighted by atomic mass is 16.5. The van der Waals surface area contributed by atoms with Crippen LogP contribution in [0.25, 0.3) is 0 Å². The topological polar surface area (TPSA) is 70.7 Å². The van der Waals surface area contributed by atoms with Gasteiger partial charge >= 0.3 is 0 Å². The zero-order valence-electron chi connectivity index (χ0n) is 15.9. The third kappa shape index (κ3) is 7.60. The summed E-state index contributed by atoms with van der Waals surface area (Å²) < 4.78 is 4.95. The standard InChI is InChI=1S/C21H27N3O3/c1-24(15-17-7-4-3-5-8-17)16-20(25)23-19-11-9-18(10-12-19)21(26)22-13-6-14-27-2/h3-5,7-12H,6,13-16H2,1-2H3,(H,22,26)(H,23,25). The minimum Gasteiger partial charge on any atom is -0.385 e. The van der Waals surface area contributed by atoms with Crippen molar-refractivity contribution in [1.29, 1.82) is 0 Å². The second-order valence-corrected chi connectivity index (χ2v) is 6.39. The number of anilines is 1. The van der Waals surface area contributed by atoms with Gasteiger partial charge in [-0.15, -0.1) is 0 Å². The predicted molar refractivity (Wildman–Crippen MR) is 107 cm³/mol. The Balaban J connectivity index is 1.77. The van der Waals surface area contributed by atoms with Crippen LogP contribution >= 0.6 is 0 Å². The number of nitrogens with zero attached hydrogens (tertiary/aromatic N) is 1. The van der Waals surface area contributed by atoms with Crippen molar-refractivity contribution < 1.29 is 14.3 Å². The van der Waals surface area contributed by atoms with Crippen LogP contribution < -0.4 is 10.6 Å². The van der Waals surface area contributed by atoms with E-state index in [1.807, 2.05) is 42.3 Å². The number of likely N-dealkylation sites (N-methyl/N-ethyl adjacent to an activating group) is 1. The molecule has 0 aromatic heterocycles. The summed E-state index contributed by atoms with van der Waals surface area (Å²) in [5, 5.41) is 5.69. The van der Waals surface area contributed by atoms with Crippen LogP contribution in [-0.4, -0.2) is 50.6 Å². The van der Waals surface area contributed by atoms with Crippen LogP contribution in [0.1, 0.15) is 22.3 Å². The molecule has 0 aliphatic rings. The van der Waals surface area contributed by atoms with Crippen molar-refractivity contribution in [3.8, 4) is 0 Å². The summed E-state index contributed by atoms with van der Waals surface area (Å²) in [5.41, 5.74) is 2.39. The number of carbonyl (C=O) groups excluding carboxylic acids is 2. The molecule has 2 aromatic rings. The summed E-state index contributed by atoms with van der Waals surface area (Å²) in [7, 11) is 3.54. The fraction of sp³-hybridized carbons (Fsp3) is 0.333. The van der Waals surface area contributed by atoms with Crippen molar-refractivity contribution in [1.82, 2.24) is 10.2 Å². The van der Waals surface area contributed by atoms with Crippen molar-refractivity contribution in [2.45, 2.75) is 13.0 Å². The Hall–Kier alpha value is -2.70. The van der Waals surface area contributed by atoms with E-state index in [1.54, 1.807) is 31.4 Å². The molecule has 2 rings (SSSR count). The maximum atomic E-state index is 12.2. The Morgan fingerprint density at radius 2 is 1.74 bits per heavy atom. The molecule has 2 amide bonds. The first-order valence-electron chi connectivity index (χ1n) is 8.98. The highest BCUT2D eigenvalue weighted by molar-refractivity contribution is 5.96. The molecule has 0 heterocycles. The largest absolute Gasteiger partial charge is 0.385 e. The van der Waals surface area contributed by atoms with Gasteiger partial charge in [-0.2, -0.15) is 0 Å². The highest BCUT2D eigenvalue weighted by Gasteiger charge is 2.09. The van der Waals surface area contributed by atoms with Crippen LogP contribution in [-0.2, 0) is 16.1 Å². The number of nitrogens with one attached hydrogen (secondary N) is 2. The summed E-state index contributed by atoms with van der Waals surface area (Å²) in [6.45, 7) is 2.18. The van der Waals surface area contributed by atoms with Crippen molar-refractivity contribution >= 4 is 17.5 Å². The molecule has 2 aromatic carbocycles. The molecule has 0 unspecified atom stereocenters. The van der Waals surface area contributed by atoms with Crippen LogP contribution in [0.5, 0.6) is 0 Å². The number of ether oxygens (including phenoxy) is 1. The van der Waals surface area contributed by atoms with Gasteiger partial charge < -0.3 is 15.4 Å². The second-order valence-electron chi connectivity index (χ2n) is 6.39. The van der Waals surface area contributed by atoms with Gasteiger partial charge in [-0.1, -0.05) is 30.3 Å². The number of hydrogen-bond donors (Lipinski definition) is 2. The predicted octanol–water partition coefficient (Wildman–Crippen LogP) is 2.52. The number of amides is 2. The van der Waals surface area contributed by atoms with Crippen molar-refractivity contribution in [2.75, 3.05) is 39.2 Å². The Labute approximate surface area is 160 Å². The highest BCUT2D eigenvalue weighted by Crippen LogP contribution is 2.10. The average Bonchev–Trinajstić information content (AvgIpc) is 2.66. The lowest BCUT2D eigenvalue weighted by Crippen LogP contribution is -2.29. The lowest BCUT2D eigenvalue weighted by molar-refractivity contribution is -0.117. The molecule has 0 aliphatic carbocycles. The molecule has 27 heavy (non-hydrogen) atoms. The third-order valence-corrected chi connectivity index (χ3v) is 3.95. The fourth-order valence-corrected chi connectivity index (χ4v) is 2.62. The molecular formula is C21H27N3O3. The van der Waals surface area contributed by atoms with Gasteiger partial charge in [0, 0.05) is 38.1 Å². The Morgan fingerprint density at radius 1 is 1.04 bits per heavy atom. The van der Waals surface area contributed by atoms with Crippen molar-refractivity contribution in [2.24, 2.45) is 0 Å². The summed E-state index contributed by atoms with van der Waals surface area (Å²) in [6.07, 6.45) is 0.771. The van der Waals surface area contributed by atoms with E-state index in [9.17, 15) is 9.59 Å². The van der Waals surface area contributed by atoms with Gasteiger partial charge in [0.1, 0.15) is 0 Å². The van der Waals surface area contributed by atoms with Crippen molar-refractivity contribution in [3.63, 3.8) is 0 Å². The van der Waals surface area contributed by atoms with Crippen LogP contribution in [0, 0.1) is 0 Å². The number of benzene rings is 2. The number of hydrogen-bond acceptors (Lipinski definition) is 4. The van der Waals surface area contributed by atoms with E-state index in [2.05, 4.69) is 10.6 Å². The minimum absolute atomic E-state index is 0.0924. The first-order chi connectivity index (χ1) is 13.1. The molecule has 2 N–H and O–H groups in total. The molecule has 0 aliphatic heterocycles. The zero-order chi connectivity index (χ0) is 19.5. The maximum Gasteiger partial charge on any atom is 0.251 e. The fourth-order valence-electron chi connectivity index (χ4n) is 2.62. The van der Waals surface area contributed by atoms with Gasteiger partial charge in [0.05, 0.1) is 6.54 Å². The van der Waals surface area contributed by atoms with E-state index in [4.69, 9.17) is 4.74 Å². The SMILES string of the molecule is COCCCNC(=O)c1ccc(NC(=O)CN(C)Cc2ccccc2)cc1. The lowest BCUT2D eigenvalue weighted by Gasteiger charge is -2.16. The van der Waals surface area contributed by atoms with Crippen LogP contribution in [0.4, 0.5) is 5.69 Å². The Kier molecular flexibility index (Phi) is 8.48. The minimum atomic E-state index is -0.133. The number of methoxy groups -OCH3 is 1. The number of carbonyl (C=O) groups is 2. The first kappa shape index (κ1) is 20.6. The Bertz CT molecular complexity index is 717. The van der Waals surface area contributed by atoms with Gasteiger partial charge in [-0.05, 0) is 43.3 Å². The monoisotopic (exact) mass is 369 g/mol.